The van der Waals surface area contributed by atoms with Crippen LogP contribution in [-0.4, -0.2) is 25.8 Å². The maximum atomic E-state index is 5.62. The molecule has 0 amide bonds. The van der Waals surface area contributed by atoms with E-state index in [1.165, 1.54) is 9.35 Å². The second-order valence-electron chi connectivity index (χ2n) is 4.12. The largest absolute Gasteiger partial charge is 0.380 e. The minimum atomic E-state index is 0.300. The summed E-state index contributed by atoms with van der Waals surface area (Å²) in [7, 11) is 1.81. The zero-order chi connectivity index (χ0) is 12.7. The number of nitrogens with one attached hydrogen (secondary N) is 1. The fourth-order valence-electron chi connectivity index (χ4n) is 2.04. The number of rotatable bonds is 8. The van der Waals surface area contributed by atoms with Gasteiger partial charge in [0.15, 0.2) is 0 Å². The van der Waals surface area contributed by atoms with E-state index in [9.17, 15) is 0 Å². The molecule has 0 saturated heterocycles. The van der Waals surface area contributed by atoms with Crippen LogP contribution < -0.4 is 5.32 Å². The van der Waals surface area contributed by atoms with Gasteiger partial charge in [-0.25, -0.2) is 0 Å². The van der Waals surface area contributed by atoms with Crippen LogP contribution in [0.15, 0.2) is 15.9 Å². The van der Waals surface area contributed by atoms with Gasteiger partial charge in [0, 0.05) is 28.9 Å². The smallest absolute Gasteiger partial charge is 0.0727 e. The van der Waals surface area contributed by atoms with Crippen LogP contribution in [0.3, 0.4) is 0 Å². The Morgan fingerprint density at radius 1 is 1.47 bits per heavy atom. The van der Waals surface area contributed by atoms with Crippen molar-refractivity contribution in [2.75, 3.05) is 13.7 Å². The van der Waals surface area contributed by atoms with Gasteiger partial charge in [-0.05, 0) is 40.3 Å². The van der Waals surface area contributed by atoms with Crippen LogP contribution in [0.1, 0.15) is 31.6 Å². The molecule has 2 atom stereocenters. The maximum absolute atomic E-state index is 5.62. The Bertz CT molecular complexity index is 316. The summed E-state index contributed by atoms with van der Waals surface area (Å²) in [6.45, 7) is 5.34. The molecule has 1 rings (SSSR count). The molecule has 1 aromatic rings. The average molecular weight is 320 g/mol. The van der Waals surface area contributed by atoms with Gasteiger partial charge in [-0.2, -0.15) is 0 Å². The first-order valence-electron chi connectivity index (χ1n) is 6.20. The minimum Gasteiger partial charge on any atom is -0.380 e. The molecule has 2 unspecified atom stereocenters. The molecule has 0 spiro atoms. The number of hydrogen-bond donors (Lipinski definition) is 1. The third-order valence-electron chi connectivity index (χ3n) is 2.89. The van der Waals surface area contributed by atoms with Crippen molar-refractivity contribution in [1.29, 1.82) is 0 Å². The Morgan fingerprint density at radius 3 is 2.71 bits per heavy atom. The molecule has 2 nitrogen and oxygen atoms in total. The highest BCUT2D eigenvalue weighted by Crippen LogP contribution is 2.25. The Morgan fingerprint density at radius 2 is 2.24 bits per heavy atom. The normalized spacial score (nSPS) is 14.8. The highest BCUT2D eigenvalue weighted by Gasteiger charge is 2.21. The summed E-state index contributed by atoms with van der Waals surface area (Å²) in [6, 6.07) is 2.52. The topological polar surface area (TPSA) is 21.3 Å². The predicted octanol–water partition coefficient (Wildman–Crippen LogP) is 3.85. The van der Waals surface area contributed by atoms with Crippen molar-refractivity contribution in [2.45, 2.75) is 45.3 Å². The number of likely N-dealkylation sites (N-methyl/N-ethyl adjacent to an activating group) is 1. The summed E-state index contributed by atoms with van der Waals surface area (Å²) >= 11 is 5.41. The van der Waals surface area contributed by atoms with Gasteiger partial charge in [-0.1, -0.05) is 20.3 Å². The first-order chi connectivity index (χ1) is 8.22. The molecule has 0 aliphatic rings. The number of halogens is 1. The molecule has 0 fully saturated rings. The van der Waals surface area contributed by atoms with E-state index in [4.69, 9.17) is 4.74 Å². The average Bonchev–Trinajstić information content (AvgIpc) is 2.71. The van der Waals surface area contributed by atoms with E-state index in [1.54, 1.807) is 0 Å². The number of hydrogen-bond acceptors (Lipinski definition) is 3. The predicted molar refractivity (Wildman–Crippen MR) is 78.9 cm³/mol. The van der Waals surface area contributed by atoms with Crippen LogP contribution in [-0.2, 0) is 11.2 Å². The SMILES string of the molecule is CCCC(OC)C(Cc1sccc1Br)NCC. The molecule has 4 heteroatoms. The Balaban J connectivity index is 2.67. The van der Waals surface area contributed by atoms with Gasteiger partial charge in [-0.15, -0.1) is 11.3 Å². The van der Waals surface area contributed by atoms with Gasteiger partial charge >= 0.3 is 0 Å². The number of thiophene rings is 1. The minimum absolute atomic E-state index is 0.300. The lowest BCUT2D eigenvalue weighted by Gasteiger charge is -2.26. The summed E-state index contributed by atoms with van der Waals surface area (Å²) in [5, 5.41) is 5.67. The second kappa shape index (κ2) is 8.25. The molecule has 0 aromatic carbocycles. The van der Waals surface area contributed by atoms with Crippen LogP contribution in [0.4, 0.5) is 0 Å². The monoisotopic (exact) mass is 319 g/mol. The quantitative estimate of drug-likeness (QED) is 0.786. The third kappa shape index (κ3) is 4.70. The van der Waals surface area contributed by atoms with Gasteiger partial charge in [0.25, 0.3) is 0 Å². The first kappa shape index (κ1) is 15.2. The molecule has 17 heavy (non-hydrogen) atoms. The molecule has 1 N–H and O–H groups in total. The molecule has 0 bridgehead atoms. The zero-order valence-electron chi connectivity index (χ0n) is 10.8. The standard InChI is InChI=1S/C13H22BrNOS/c1-4-6-12(16-3)11(15-5-2)9-13-10(14)7-8-17-13/h7-8,11-12,15H,4-6,9H2,1-3H3. The maximum Gasteiger partial charge on any atom is 0.0727 e. The van der Waals surface area contributed by atoms with Gasteiger partial charge in [-0.3, -0.25) is 0 Å². The van der Waals surface area contributed by atoms with Gasteiger partial charge in [0.05, 0.1) is 6.10 Å². The summed E-state index contributed by atoms with van der Waals surface area (Å²) in [5.74, 6) is 0. The molecule has 1 heterocycles. The highest BCUT2D eigenvalue weighted by atomic mass is 79.9. The molecule has 98 valence electrons. The molecular weight excluding hydrogens is 298 g/mol. The van der Waals surface area contributed by atoms with E-state index < -0.39 is 0 Å². The molecule has 0 radical (unpaired) electrons. The van der Waals surface area contributed by atoms with E-state index >= 15 is 0 Å². The molecule has 0 saturated carbocycles. The van der Waals surface area contributed by atoms with E-state index in [-0.39, 0.29) is 0 Å². The zero-order valence-corrected chi connectivity index (χ0v) is 13.2. The third-order valence-corrected chi connectivity index (χ3v) is 4.84. The van der Waals surface area contributed by atoms with Crippen LogP contribution in [0.25, 0.3) is 0 Å². The van der Waals surface area contributed by atoms with Gasteiger partial charge in [0.2, 0.25) is 0 Å². The van der Waals surface area contributed by atoms with Crippen molar-refractivity contribution in [1.82, 2.24) is 5.32 Å². The number of methoxy groups -OCH3 is 1. The fraction of sp³-hybridized carbons (Fsp3) is 0.692. The molecule has 0 aliphatic heterocycles. The van der Waals surface area contributed by atoms with Crippen LogP contribution in [0, 0.1) is 0 Å². The summed E-state index contributed by atoms with van der Waals surface area (Å²) < 4.78 is 6.84. The highest BCUT2D eigenvalue weighted by molar-refractivity contribution is 9.10. The van der Waals surface area contributed by atoms with Crippen LogP contribution >= 0.6 is 27.3 Å². The first-order valence-corrected chi connectivity index (χ1v) is 7.88. The lowest BCUT2D eigenvalue weighted by atomic mass is 10.0. The van der Waals surface area contributed by atoms with Crippen molar-refractivity contribution in [3.8, 4) is 0 Å². The van der Waals surface area contributed by atoms with Gasteiger partial charge in [0.1, 0.15) is 0 Å². The Labute approximate surface area is 117 Å². The van der Waals surface area contributed by atoms with Crippen molar-refractivity contribution < 1.29 is 4.74 Å². The van der Waals surface area contributed by atoms with E-state index in [0.29, 0.717) is 12.1 Å². The summed E-state index contributed by atoms with van der Waals surface area (Å²) in [6.07, 6.45) is 3.60. The lowest BCUT2D eigenvalue weighted by molar-refractivity contribution is 0.0616. The van der Waals surface area contributed by atoms with E-state index in [2.05, 4.69) is 46.5 Å². The van der Waals surface area contributed by atoms with Crippen molar-refractivity contribution in [2.24, 2.45) is 0 Å². The fourth-order valence-corrected chi connectivity index (χ4v) is 3.61. The summed E-state index contributed by atoms with van der Waals surface area (Å²) in [5.41, 5.74) is 0. The van der Waals surface area contributed by atoms with Crippen molar-refractivity contribution in [3.05, 3.63) is 20.8 Å². The second-order valence-corrected chi connectivity index (χ2v) is 5.98. The molecule has 1 aromatic heterocycles. The number of ether oxygens (including phenoxy) is 1. The Hall–Kier alpha value is 0.1000. The van der Waals surface area contributed by atoms with E-state index in [0.717, 1.165) is 25.8 Å². The van der Waals surface area contributed by atoms with Crippen molar-refractivity contribution in [3.63, 3.8) is 0 Å². The Kier molecular flexibility index (Phi) is 7.35. The van der Waals surface area contributed by atoms with Gasteiger partial charge < -0.3 is 10.1 Å². The summed E-state index contributed by atoms with van der Waals surface area (Å²) in [4.78, 5) is 1.40. The van der Waals surface area contributed by atoms with Crippen molar-refractivity contribution >= 4 is 27.3 Å². The van der Waals surface area contributed by atoms with Crippen LogP contribution in [0.2, 0.25) is 0 Å². The van der Waals surface area contributed by atoms with E-state index in [1.807, 2.05) is 18.4 Å². The van der Waals surface area contributed by atoms with Crippen LogP contribution in [0.5, 0.6) is 0 Å². The molecule has 0 aliphatic carbocycles. The lowest BCUT2D eigenvalue weighted by Crippen LogP contribution is -2.42. The molecular formula is C13H22BrNOS.